The highest BCUT2D eigenvalue weighted by molar-refractivity contribution is 5.93. The first kappa shape index (κ1) is 16.6. The van der Waals surface area contributed by atoms with E-state index in [0.717, 1.165) is 0 Å². The summed E-state index contributed by atoms with van der Waals surface area (Å²) in [7, 11) is 3.07. The highest BCUT2D eigenvalue weighted by Crippen LogP contribution is 2.19. The molecule has 0 aliphatic carbocycles. The van der Waals surface area contributed by atoms with Crippen LogP contribution in [0.3, 0.4) is 0 Å². The summed E-state index contributed by atoms with van der Waals surface area (Å²) in [5.74, 6) is 0.207. The Morgan fingerprint density at radius 1 is 1.32 bits per heavy atom. The number of rotatable bonds is 5. The molecule has 25 heavy (non-hydrogen) atoms. The number of pyridine rings is 1. The maximum Gasteiger partial charge on any atom is 0.255 e. The number of halogens is 1. The van der Waals surface area contributed by atoms with Gasteiger partial charge in [0, 0.05) is 32.2 Å². The van der Waals surface area contributed by atoms with Crippen LogP contribution in [0, 0.1) is 5.82 Å². The first-order chi connectivity index (χ1) is 12.1. The zero-order chi connectivity index (χ0) is 17.8. The van der Waals surface area contributed by atoms with E-state index in [1.54, 1.807) is 54.6 Å². The molecular formula is C18H17FN4O2. The van der Waals surface area contributed by atoms with Crippen LogP contribution in [-0.2, 0) is 6.54 Å². The summed E-state index contributed by atoms with van der Waals surface area (Å²) in [5, 5.41) is 0. The van der Waals surface area contributed by atoms with Crippen molar-refractivity contribution in [3.8, 4) is 11.6 Å². The molecule has 3 rings (SSSR count). The minimum absolute atomic E-state index is 0.178. The minimum atomic E-state index is -0.452. The molecule has 1 aromatic carbocycles. The van der Waals surface area contributed by atoms with Crippen molar-refractivity contribution in [1.29, 1.82) is 0 Å². The summed E-state index contributed by atoms with van der Waals surface area (Å²) in [4.78, 5) is 22.2. The fourth-order valence-corrected chi connectivity index (χ4v) is 2.43. The van der Waals surface area contributed by atoms with Gasteiger partial charge < -0.3 is 9.64 Å². The van der Waals surface area contributed by atoms with Gasteiger partial charge in [0.05, 0.1) is 12.7 Å². The zero-order valence-electron chi connectivity index (χ0n) is 13.9. The van der Waals surface area contributed by atoms with Crippen molar-refractivity contribution in [3.63, 3.8) is 0 Å². The quantitative estimate of drug-likeness (QED) is 0.716. The van der Waals surface area contributed by atoms with Gasteiger partial charge in [-0.15, -0.1) is 0 Å². The molecule has 2 aromatic heterocycles. The Kier molecular flexibility index (Phi) is 4.74. The summed E-state index contributed by atoms with van der Waals surface area (Å²) in [5.41, 5.74) is 1.14. The predicted molar refractivity (Wildman–Crippen MR) is 90.1 cm³/mol. The van der Waals surface area contributed by atoms with E-state index in [4.69, 9.17) is 4.74 Å². The number of carbonyl (C=O) groups excluding carboxylic acids is 1. The molecule has 1 amide bonds. The second-order valence-electron chi connectivity index (χ2n) is 5.51. The molecule has 0 spiro atoms. The first-order valence-corrected chi connectivity index (χ1v) is 7.61. The maximum absolute atomic E-state index is 13.8. The van der Waals surface area contributed by atoms with Crippen LogP contribution in [0.5, 0.6) is 5.75 Å². The van der Waals surface area contributed by atoms with Crippen LogP contribution in [0.2, 0.25) is 0 Å². The number of methoxy groups -OCH3 is 1. The summed E-state index contributed by atoms with van der Waals surface area (Å²) in [6.07, 6.45) is 6.58. The summed E-state index contributed by atoms with van der Waals surface area (Å²) in [6.45, 7) is 0.281. The molecule has 0 atom stereocenters. The van der Waals surface area contributed by atoms with Crippen LogP contribution in [-0.4, -0.2) is 39.5 Å². The molecule has 0 aliphatic heterocycles. The summed E-state index contributed by atoms with van der Waals surface area (Å²) < 4.78 is 20.4. The minimum Gasteiger partial charge on any atom is -0.494 e. The number of amides is 1. The third-order valence-electron chi connectivity index (χ3n) is 3.75. The van der Waals surface area contributed by atoms with Gasteiger partial charge in [-0.05, 0) is 29.8 Å². The Bertz CT molecular complexity index is 863. The van der Waals surface area contributed by atoms with Crippen molar-refractivity contribution in [2.75, 3.05) is 14.2 Å². The molecule has 0 unspecified atom stereocenters. The summed E-state index contributed by atoms with van der Waals surface area (Å²) in [6, 6.07) is 8.09. The molecule has 0 saturated carbocycles. The standard InChI is InChI=1S/C18H17FN4O2/c1-22(11-13-3-5-16(25-2)15(19)9-13)18(24)14-4-6-17(21-10-14)23-8-7-20-12-23/h3-10,12H,11H2,1-2H3. The van der Waals surface area contributed by atoms with E-state index < -0.39 is 5.82 Å². The van der Waals surface area contributed by atoms with E-state index in [0.29, 0.717) is 16.9 Å². The molecule has 3 aromatic rings. The van der Waals surface area contributed by atoms with Crippen molar-refractivity contribution in [2.45, 2.75) is 6.54 Å². The van der Waals surface area contributed by atoms with Crippen molar-refractivity contribution in [1.82, 2.24) is 19.4 Å². The molecule has 0 aliphatic rings. The molecule has 0 saturated heterocycles. The number of aromatic nitrogens is 3. The van der Waals surface area contributed by atoms with Gasteiger partial charge in [-0.2, -0.15) is 0 Å². The van der Waals surface area contributed by atoms with Gasteiger partial charge in [-0.3, -0.25) is 9.36 Å². The number of benzene rings is 1. The summed E-state index contributed by atoms with van der Waals surface area (Å²) >= 11 is 0. The number of carbonyl (C=O) groups is 1. The van der Waals surface area contributed by atoms with Crippen molar-refractivity contribution in [3.05, 3.63) is 72.2 Å². The Hall–Kier alpha value is -3.22. The largest absolute Gasteiger partial charge is 0.494 e. The average Bonchev–Trinajstić information content (AvgIpc) is 3.16. The van der Waals surface area contributed by atoms with E-state index in [9.17, 15) is 9.18 Å². The van der Waals surface area contributed by atoms with Gasteiger partial charge in [-0.1, -0.05) is 6.07 Å². The Balaban J connectivity index is 1.70. The Labute approximate surface area is 144 Å². The lowest BCUT2D eigenvalue weighted by molar-refractivity contribution is 0.0784. The van der Waals surface area contributed by atoms with Crippen LogP contribution in [0.15, 0.2) is 55.2 Å². The molecule has 2 heterocycles. The fraction of sp³-hybridized carbons (Fsp3) is 0.167. The molecule has 7 heteroatoms. The smallest absolute Gasteiger partial charge is 0.255 e. The van der Waals surface area contributed by atoms with Crippen LogP contribution in [0.1, 0.15) is 15.9 Å². The van der Waals surface area contributed by atoms with Crippen LogP contribution in [0.25, 0.3) is 5.82 Å². The lowest BCUT2D eigenvalue weighted by Crippen LogP contribution is -2.26. The van der Waals surface area contributed by atoms with Crippen LogP contribution in [0.4, 0.5) is 4.39 Å². The molecule has 6 nitrogen and oxygen atoms in total. The number of imidazole rings is 1. The van der Waals surface area contributed by atoms with Gasteiger partial charge >= 0.3 is 0 Å². The highest BCUT2D eigenvalue weighted by atomic mass is 19.1. The van der Waals surface area contributed by atoms with Gasteiger partial charge in [-0.25, -0.2) is 14.4 Å². The topological polar surface area (TPSA) is 60.2 Å². The molecule has 0 radical (unpaired) electrons. The molecular weight excluding hydrogens is 323 g/mol. The second kappa shape index (κ2) is 7.12. The SMILES string of the molecule is COc1ccc(CN(C)C(=O)c2ccc(-n3ccnc3)nc2)cc1F. The molecule has 0 N–H and O–H groups in total. The van der Waals surface area contributed by atoms with Crippen molar-refractivity contribution < 1.29 is 13.9 Å². The average molecular weight is 340 g/mol. The third-order valence-corrected chi connectivity index (χ3v) is 3.75. The molecule has 0 bridgehead atoms. The molecule has 0 fully saturated rings. The van der Waals surface area contributed by atoms with E-state index in [1.807, 2.05) is 0 Å². The monoisotopic (exact) mass is 340 g/mol. The third kappa shape index (κ3) is 3.65. The van der Waals surface area contributed by atoms with Crippen molar-refractivity contribution in [2.24, 2.45) is 0 Å². The number of hydrogen-bond acceptors (Lipinski definition) is 4. The number of hydrogen-bond donors (Lipinski definition) is 0. The van der Waals surface area contributed by atoms with Gasteiger partial charge in [0.1, 0.15) is 12.1 Å². The van der Waals surface area contributed by atoms with E-state index in [2.05, 4.69) is 9.97 Å². The predicted octanol–water partition coefficient (Wildman–Crippen LogP) is 2.69. The van der Waals surface area contributed by atoms with Gasteiger partial charge in [0.15, 0.2) is 11.6 Å². The number of ether oxygens (including phenoxy) is 1. The lowest BCUT2D eigenvalue weighted by Gasteiger charge is -2.17. The maximum atomic E-state index is 13.8. The van der Waals surface area contributed by atoms with Crippen LogP contribution >= 0.6 is 0 Å². The van der Waals surface area contributed by atoms with E-state index in [1.165, 1.54) is 24.3 Å². The fourth-order valence-electron chi connectivity index (χ4n) is 2.43. The van der Waals surface area contributed by atoms with Crippen molar-refractivity contribution >= 4 is 5.91 Å². The lowest BCUT2D eigenvalue weighted by atomic mass is 10.2. The Morgan fingerprint density at radius 3 is 2.76 bits per heavy atom. The van der Waals surface area contributed by atoms with E-state index >= 15 is 0 Å². The number of nitrogens with zero attached hydrogens (tertiary/aromatic N) is 4. The first-order valence-electron chi connectivity index (χ1n) is 7.61. The second-order valence-corrected chi connectivity index (χ2v) is 5.51. The van der Waals surface area contributed by atoms with Gasteiger partial charge in [0.2, 0.25) is 0 Å². The zero-order valence-corrected chi connectivity index (χ0v) is 13.9. The Morgan fingerprint density at radius 2 is 2.16 bits per heavy atom. The highest BCUT2D eigenvalue weighted by Gasteiger charge is 2.14. The van der Waals surface area contributed by atoms with Crippen LogP contribution < -0.4 is 4.74 Å². The van der Waals surface area contributed by atoms with Gasteiger partial charge in [0.25, 0.3) is 5.91 Å². The normalized spacial score (nSPS) is 10.5. The van der Waals surface area contributed by atoms with E-state index in [-0.39, 0.29) is 18.2 Å². The molecule has 128 valence electrons.